The number of rotatable bonds is 2. The molecule has 2 aromatic rings. The summed E-state index contributed by atoms with van der Waals surface area (Å²) in [6.07, 6.45) is 2.35. The Balaban J connectivity index is 1.63. The zero-order valence-corrected chi connectivity index (χ0v) is 12.2. The third-order valence-electron chi connectivity index (χ3n) is 5.11. The predicted octanol–water partition coefficient (Wildman–Crippen LogP) is 2.32. The molecule has 2 heterocycles. The van der Waals surface area contributed by atoms with Crippen LogP contribution in [0.1, 0.15) is 12.8 Å². The molecule has 3 atom stereocenters. The number of nitro groups is 1. The van der Waals surface area contributed by atoms with Gasteiger partial charge in [-0.25, -0.2) is 4.98 Å². The van der Waals surface area contributed by atoms with Crippen LogP contribution in [-0.2, 0) is 0 Å². The van der Waals surface area contributed by atoms with Gasteiger partial charge in [0, 0.05) is 36.7 Å². The quantitative estimate of drug-likeness (QED) is 0.679. The maximum atomic E-state index is 10.8. The monoisotopic (exact) mass is 298 g/mol. The van der Waals surface area contributed by atoms with Gasteiger partial charge in [0.25, 0.3) is 5.69 Å². The Bertz CT molecular complexity index is 748. The van der Waals surface area contributed by atoms with E-state index in [2.05, 4.69) is 9.88 Å². The molecule has 3 unspecified atom stereocenters. The Morgan fingerprint density at radius 1 is 1.23 bits per heavy atom. The van der Waals surface area contributed by atoms with Gasteiger partial charge in [-0.2, -0.15) is 0 Å². The molecule has 1 aromatic carbocycles. The fourth-order valence-corrected chi connectivity index (χ4v) is 3.89. The first-order chi connectivity index (χ1) is 10.6. The molecule has 2 N–H and O–H groups in total. The van der Waals surface area contributed by atoms with E-state index in [1.54, 1.807) is 12.1 Å². The lowest BCUT2D eigenvalue weighted by Gasteiger charge is -2.20. The van der Waals surface area contributed by atoms with Crippen molar-refractivity contribution in [3.63, 3.8) is 0 Å². The molecule has 1 aliphatic heterocycles. The number of nitrogens with two attached hydrogens (primary N) is 1. The van der Waals surface area contributed by atoms with Gasteiger partial charge in [0.15, 0.2) is 0 Å². The number of nitrogens with zero attached hydrogens (tertiary/aromatic N) is 3. The Labute approximate surface area is 128 Å². The minimum Gasteiger partial charge on any atom is -0.356 e. The van der Waals surface area contributed by atoms with Crippen molar-refractivity contribution in [3.05, 3.63) is 40.4 Å². The first-order valence-electron chi connectivity index (χ1n) is 7.67. The van der Waals surface area contributed by atoms with Gasteiger partial charge in [0.2, 0.25) is 0 Å². The van der Waals surface area contributed by atoms with Crippen LogP contribution in [-0.4, -0.2) is 29.0 Å². The summed E-state index contributed by atoms with van der Waals surface area (Å²) in [5.41, 5.74) is 7.08. The van der Waals surface area contributed by atoms with E-state index in [1.165, 1.54) is 12.5 Å². The normalized spacial score (nSPS) is 27.3. The minimum atomic E-state index is -0.379. The van der Waals surface area contributed by atoms with Crippen LogP contribution in [0.15, 0.2) is 30.3 Å². The van der Waals surface area contributed by atoms with Gasteiger partial charge in [-0.05, 0) is 42.9 Å². The van der Waals surface area contributed by atoms with Crippen LogP contribution in [0.2, 0.25) is 0 Å². The lowest BCUT2D eigenvalue weighted by atomic mass is 9.98. The fourth-order valence-electron chi connectivity index (χ4n) is 3.89. The number of nitro benzene ring substituents is 1. The molecule has 2 fully saturated rings. The van der Waals surface area contributed by atoms with Gasteiger partial charge in [-0.3, -0.25) is 10.1 Å². The number of benzene rings is 1. The van der Waals surface area contributed by atoms with Gasteiger partial charge in [0.05, 0.1) is 10.4 Å². The van der Waals surface area contributed by atoms with E-state index in [0.29, 0.717) is 17.9 Å². The van der Waals surface area contributed by atoms with E-state index in [0.717, 1.165) is 36.2 Å². The first kappa shape index (κ1) is 13.5. The van der Waals surface area contributed by atoms with Gasteiger partial charge >= 0.3 is 0 Å². The third-order valence-corrected chi connectivity index (χ3v) is 5.11. The molecule has 1 saturated carbocycles. The Morgan fingerprint density at radius 2 is 2.09 bits per heavy atom. The zero-order valence-electron chi connectivity index (χ0n) is 12.2. The van der Waals surface area contributed by atoms with Gasteiger partial charge in [0.1, 0.15) is 5.82 Å². The van der Waals surface area contributed by atoms with E-state index in [1.807, 2.05) is 12.1 Å². The molecule has 0 bridgehead atoms. The summed E-state index contributed by atoms with van der Waals surface area (Å²) >= 11 is 0. The maximum absolute atomic E-state index is 10.8. The second-order valence-corrected chi connectivity index (χ2v) is 6.37. The topological polar surface area (TPSA) is 85.3 Å². The summed E-state index contributed by atoms with van der Waals surface area (Å²) in [6.45, 7) is 1.99. The Kier molecular flexibility index (Phi) is 3.00. The average molecular weight is 298 g/mol. The van der Waals surface area contributed by atoms with Gasteiger partial charge < -0.3 is 10.6 Å². The molecule has 1 aliphatic carbocycles. The van der Waals surface area contributed by atoms with Crippen molar-refractivity contribution in [1.29, 1.82) is 0 Å². The molecular weight excluding hydrogens is 280 g/mol. The molecular formula is C16H18N4O2. The van der Waals surface area contributed by atoms with Crippen LogP contribution < -0.4 is 10.6 Å². The molecule has 22 heavy (non-hydrogen) atoms. The van der Waals surface area contributed by atoms with E-state index in [-0.39, 0.29) is 10.6 Å². The van der Waals surface area contributed by atoms with Crippen molar-refractivity contribution < 1.29 is 4.92 Å². The SMILES string of the molecule is NC1CCC2CN(c3ccc4cc([N+](=O)[O-])ccc4n3)CC12. The largest absolute Gasteiger partial charge is 0.356 e. The number of anilines is 1. The van der Waals surface area contributed by atoms with E-state index in [4.69, 9.17) is 5.73 Å². The summed E-state index contributed by atoms with van der Waals surface area (Å²) < 4.78 is 0. The van der Waals surface area contributed by atoms with Crippen LogP contribution in [0.3, 0.4) is 0 Å². The first-order valence-corrected chi connectivity index (χ1v) is 7.67. The number of hydrogen-bond donors (Lipinski definition) is 1. The van der Waals surface area contributed by atoms with E-state index >= 15 is 0 Å². The summed E-state index contributed by atoms with van der Waals surface area (Å²) in [6, 6.07) is 8.99. The number of pyridine rings is 1. The molecule has 0 spiro atoms. The van der Waals surface area contributed by atoms with Gasteiger partial charge in [-0.15, -0.1) is 0 Å². The summed E-state index contributed by atoms with van der Waals surface area (Å²) in [5, 5.41) is 11.6. The third kappa shape index (κ3) is 2.11. The Hall–Kier alpha value is -2.21. The second kappa shape index (κ2) is 4.91. The number of aromatic nitrogens is 1. The smallest absolute Gasteiger partial charge is 0.270 e. The second-order valence-electron chi connectivity index (χ2n) is 6.37. The molecule has 1 aromatic heterocycles. The molecule has 6 nitrogen and oxygen atoms in total. The highest BCUT2D eigenvalue weighted by molar-refractivity contribution is 5.82. The fraction of sp³-hybridized carbons (Fsp3) is 0.438. The molecule has 114 valence electrons. The number of hydrogen-bond acceptors (Lipinski definition) is 5. The van der Waals surface area contributed by atoms with Crippen molar-refractivity contribution >= 4 is 22.4 Å². The Morgan fingerprint density at radius 3 is 2.86 bits per heavy atom. The summed E-state index contributed by atoms with van der Waals surface area (Å²) in [4.78, 5) is 17.4. The number of fused-ring (bicyclic) bond motifs is 2. The van der Waals surface area contributed by atoms with Crippen molar-refractivity contribution in [2.75, 3.05) is 18.0 Å². The standard InChI is InChI=1S/C16H18N4O2/c17-14-4-1-11-8-19(9-13(11)14)16-6-2-10-7-12(20(21)22)3-5-15(10)18-16/h2-3,5-7,11,13-14H,1,4,8-9,17H2. The summed E-state index contributed by atoms with van der Waals surface area (Å²) in [7, 11) is 0. The molecule has 0 radical (unpaired) electrons. The highest BCUT2D eigenvalue weighted by Crippen LogP contribution is 2.38. The lowest BCUT2D eigenvalue weighted by Crippen LogP contribution is -2.30. The number of non-ortho nitro benzene ring substituents is 1. The molecule has 1 saturated heterocycles. The van der Waals surface area contributed by atoms with Crippen LogP contribution in [0.5, 0.6) is 0 Å². The van der Waals surface area contributed by atoms with Gasteiger partial charge in [-0.1, -0.05) is 0 Å². The maximum Gasteiger partial charge on any atom is 0.270 e. The highest BCUT2D eigenvalue weighted by atomic mass is 16.6. The van der Waals surface area contributed by atoms with Crippen molar-refractivity contribution in [2.24, 2.45) is 17.6 Å². The predicted molar refractivity (Wildman–Crippen MR) is 84.8 cm³/mol. The zero-order chi connectivity index (χ0) is 15.3. The molecule has 0 amide bonds. The van der Waals surface area contributed by atoms with Crippen LogP contribution >= 0.6 is 0 Å². The minimum absolute atomic E-state index is 0.101. The van der Waals surface area contributed by atoms with Crippen molar-refractivity contribution in [3.8, 4) is 0 Å². The van der Waals surface area contributed by atoms with Crippen molar-refractivity contribution in [2.45, 2.75) is 18.9 Å². The van der Waals surface area contributed by atoms with Crippen LogP contribution in [0.4, 0.5) is 11.5 Å². The average Bonchev–Trinajstić information content (AvgIpc) is 3.08. The molecule has 2 aliphatic rings. The lowest BCUT2D eigenvalue weighted by molar-refractivity contribution is -0.384. The van der Waals surface area contributed by atoms with E-state index in [9.17, 15) is 10.1 Å². The van der Waals surface area contributed by atoms with Crippen LogP contribution in [0, 0.1) is 22.0 Å². The summed E-state index contributed by atoms with van der Waals surface area (Å²) in [5.74, 6) is 2.21. The molecule has 4 rings (SSSR count). The molecule has 6 heteroatoms. The van der Waals surface area contributed by atoms with Crippen LogP contribution in [0.25, 0.3) is 10.9 Å². The van der Waals surface area contributed by atoms with E-state index < -0.39 is 0 Å². The highest BCUT2D eigenvalue weighted by Gasteiger charge is 2.41. The van der Waals surface area contributed by atoms with Crippen molar-refractivity contribution in [1.82, 2.24) is 4.98 Å².